The molecule has 1 atom stereocenters. The number of hydrogen-bond acceptors (Lipinski definition) is 7. The topological polar surface area (TPSA) is 108 Å². The number of fused-ring (bicyclic) bond motifs is 2. The summed E-state index contributed by atoms with van der Waals surface area (Å²) < 4.78 is 39.5. The summed E-state index contributed by atoms with van der Waals surface area (Å²) in [6, 6.07) is 18.6. The summed E-state index contributed by atoms with van der Waals surface area (Å²) in [5.41, 5.74) is 4.06. The number of anilines is 2. The molecule has 0 saturated carbocycles. The van der Waals surface area contributed by atoms with Crippen LogP contribution in [-0.2, 0) is 24.6 Å². The Bertz CT molecular complexity index is 1830. The second kappa shape index (κ2) is 13.5. The van der Waals surface area contributed by atoms with Crippen molar-refractivity contribution in [2.24, 2.45) is 7.05 Å². The number of ether oxygens (including phenoxy) is 2. The van der Waals surface area contributed by atoms with Crippen LogP contribution in [0.5, 0.6) is 5.75 Å². The van der Waals surface area contributed by atoms with Gasteiger partial charge in [-0.1, -0.05) is 22.0 Å². The van der Waals surface area contributed by atoms with E-state index in [2.05, 4.69) is 75.7 Å². The number of H-pyrrole nitrogens is 1. The van der Waals surface area contributed by atoms with Crippen molar-refractivity contribution in [2.75, 3.05) is 11.9 Å². The Kier molecular flexibility index (Phi) is 9.12. The lowest BCUT2D eigenvalue weighted by molar-refractivity contribution is -0.0498. The molecule has 0 radical (unpaired) electrons. The van der Waals surface area contributed by atoms with Crippen molar-refractivity contribution < 1.29 is 18.3 Å². The van der Waals surface area contributed by atoms with Gasteiger partial charge in [-0.15, -0.1) is 10.2 Å². The maximum absolute atomic E-state index is 12.2. The highest BCUT2D eigenvalue weighted by Gasteiger charge is 2.18. The second-order valence-electron chi connectivity index (χ2n) is 10.4. The molecule has 3 aromatic carbocycles. The third-order valence-corrected chi connectivity index (χ3v) is 7.92. The molecule has 1 aliphatic rings. The lowest BCUT2D eigenvalue weighted by Crippen LogP contribution is -2.18. The van der Waals surface area contributed by atoms with Crippen molar-refractivity contribution in [1.29, 1.82) is 0 Å². The van der Waals surface area contributed by atoms with Crippen LogP contribution in [0, 0.1) is 0 Å². The van der Waals surface area contributed by atoms with Crippen LogP contribution < -0.4 is 10.1 Å². The second-order valence-corrected chi connectivity index (χ2v) is 11.3. The average Bonchev–Trinajstić information content (AvgIpc) is 3.76. The van der Waals surface area contributed by atoms with Gasteiger partial charge in [0.2, 0.25) is 5.95 Å². The van der Waals surface area contributed by atoms with Gasteiger partial charge in [0.15, 0.2) is 6.23 Å². The van der Waals surface area contributed by atoms with Crippen LogP contribution in [0.1, 0.15) is 36.9 Å². The zero-order chi connectivity index (χ0) is 30.5. The molecule has 228 valence electrons. The number of nitrogens with one attached hydrogen (secondary N) is 2. The Labute approximate surface area is 260 Å². The van der Waals surface area contributed by atoms with Gasteiger partial charge in [0.1, 0.15) is 11.6 Å². The van der Waals surface area contributed by atoms with Crippen molar-refractivity contribution in [3.63, 3.8) is 0 Å². The fourth-order valence-corrected chi connectivity index (χ4v) is 5.49. The molecule has 2 N–H and O–H groups in total. The molecule has 13 heteroatoms. The molecular formula is C31H31BrF2N8O2. The van der Waals surface area contributed by atoms with Crippen molar-refractivity contribution in [3.05, 3.63) is 88.9 Å². The minimum Gasteiger partial charge on any atom is -0.435 e. The average molecular weight is 666 g/mol. The van der Waals surface area contributed by atoms with E-state index in [1.807, 2.05) is 34.6 Å². The van der Waals surface area contributed by atoms with Crippen LogP contribution in [0.15, 0.2) is 77.5 Å². The van der Waals surface area contributed by atoms with Gasteiger partial charge in [-0.25, -0.2) is 4.68 Å². The Morgan fingerprint density at radius 2 is 1.89 bits per heavy atom. The molecule has 0 aliphatic carbocycles. The van der Waals surface area contributed by atoms with Crippen molar-refractivity contribution in [1.82, 2.24) is 34.7 Å². The van der Waals surface area contributed by atoms with Gasteiger partial charge in [-0.2, -0.15) is 19.0 Å². The lowest BCUT2D eigenvalue weighted by atomic mass is 10.1. The van der Waals surface area contributed by atoms with E-state index >= 15 is 0 Å². The number of alkyl halides is 2. The zero-order valence-electron chi connectivity index (χ0n) is 24.0. The Hall–Kier alpha value is -4.36. The number of aromatic amines is 1. The normalized spacial score (nSPS) is 15.0. The summed E-state index contributed by atoms with van der Waals surface area (Å²) in [6.45, 7) is -1.99. The van der Waals surface area contributed by atoms with Crippen molar-refractivity contribution in [2.45, 2.75) is 44.9 Å². The number of nitrogens with zero attached hydrogens (tertiary/aromatic N) is 6. The molecule has 3 aromatic heterocycles. The highest BCUT2D eigenvalue weighted by Crippen LogP contribution is 2.27. The molecular weight excluding hydrogens is 634 g/mol. The summed E-state index contributed by atoms with van der Waals surface area (Å²) in [7, 11) is 1.88. The van der Waals surface area contributed by atoms with Gasteiger partial charge in [-0.05, 0) is 85.8 Å². The SMILES string of the molecule is Brc1ccc2c(cnn2C2CCCCO2)c1.Cn1c(CCc2ccc3[nH]ncc3c2)nnc1Nc1ccc(OC(F)F)cc1. The Balaban J connectivity index is 0.000000181. The van der Waals surface area contributed by atoms with Gasteiger partial charge in [0.05, 0.1) is 23.4 Å². The fraction of sp³-hybridized carbons (Fsp3) is 0.290. The van der Waals surface area contributed by atoms with Gasteiger partial charge >= 0.3 is 6.61 Å². The van der Waals surface area contributed by atoms with Gasteiger partial charge in [0.25, 0.3) is 0 Å². The quantitative estimate of drug-likeness (QED) is 0.176. The summed E-state index contributed by atoms with van der Waals surface area (Å²) >= 11 is 3.47. The van der Waals surface area contributed by atoms with Crippen LogP contribution in [-0.4, -0.2) is 48.0 Å². The monoisotopic (exact) mass is 664 g/mol. The number of benzene rings is 3. The highest BCUT2D eigenvalue weighted by atomic mass is 79.9. The van der Waals surface area contributed by atoms with Crippen LogP contribution >= 0.6 is 15.9 Å². The van der Waals surface area contributed by atoms with Crippen LogP contribution in [0.4, 0.5) is 20.4 Å². The van der Waals surface area contributed by atoms with E-state index in [1.54, 1.807) is 18.3 Å². The van der Waals surface area contributed by atoms with E-state index in [9.17, 15) is 8.78 Å². The molecule has 7 rings (SSSR count). The number of aromatic nitrogens is 7. The molecule has 1 aliphatic heterocycles. The molecule has 4 heterocycles. The molecule has 10 nitrogen and oxygen atoms in total. The van der Waals surface area contributed by atoms with E-state index in [0.29, 0.717) is 11.6 Å². The molecule has 0 amide bonds. The van der Waals surface area contributed by atoms with Crippen LogP contribution in [0.25, 0.3) is 21.8 Å². The number of aryl methyl sites for hydroxylation is 2. The molecule has 6 aromatic rings. The molecule has 0 spiro atoms. The maximum Gasteiger partial charge on any atom is 0.387 e. The van der Waals surface area contributed by atoms with E-state index < -0.39 is 6.61 Å². The standard InChI is InChI=1S/C19H18F2N6O.C12H13BrN2O/c1-27-17(9-3-12-2-8-16-13(10-12)11-22-24-16)25-26-19(27)23-14-4-6-15(7-5-14)28-18(20)21;13-10-4-5-11-9(7-10)8-14-15(11)12-3-1-2-6-16-12/h2,4-8,10-11,18H,3,9H2,1H3,(H,22,24)(H,23,26);4-5,7-8,12H,1-3,6H2. The van der Waals surface area contributed by atoms with Gasteiger partial charge in [0, 0.05) is 41.0 Å². The van der Waals surface area contributed by atoms with E-state index in [0.717, 1.165) is 58.0 Å². The molecule has 1 fully saturated rings. The third-order valence-electron chi connectivity index (χ3n) is 7.43. The first-order valence-electron chi connectivity index (χ1n) is 14.3. The smallest absolute Gasteiger partial charge is 0.387 e. The van der Waals surface area contributed by atoms with Crippen LogP contribution in [0.2, 0.25) is 0 Å². The Morgan fingerprint density at radius 3 is 2.68 bits per heavy atom. The predicted octanol–water partition coefficient (Wildman–Crippen LogP) is 7.32. The van der Waals surface area contributed by atoms with Crippen molar-refractivity contribution >= 4 is 49.4 Å². The first kappa shape index (κ1) is 29.7. The molecule has 44 heavy (non-hydrogen) atoms. The van der Waals surface area contributed by atoms with Gasteiger partial charge < -0.3 is 19.4 Å². The lowest BCUT2D eigenvalue weighted by Gasteiger charge is -2.23. The number of halogens is 3. The van der Waals surface area contributed by atoms with Gasteiger partial charge in [-0.3, -0.25) is 5.10 Å². The molecule has 1 saturated heterocycles. The minimum atomic E-state index is -2.84. The fourth-order valence-electron chi connectivity index (χ4n) is 5.11. The first-order chi connectivity index (χ1) is 21.4. The molecule has 0 bridgehead atoms. The zero-order valence-corrected chi connectivity index (χ0v) is 25.5. The largest absolute Gasteiger partial charge is 0.435 e. The highest BCUT2D eigenvalue weighted by molar-refractivity contribution is 9.10. The summed E-state index contributed by atoms with van der Waals surface area (Å²) in [4.78, 5) is 0. The third kappa shape index (κ3) is 7.05. The number of rotatable bonds is 8. The maximum atomic E-state index is 12.2. The van der Waals surface area contributed by atoms with E-state index in [1.165, 1.54) is 30.5 Å². The minimum absolute atomic E-state index is 0.105. The van der Waals surface area contributed by atoms with E-state index in [4.69, 9.17) is 4.74 Å². The van der Waals surface area contributed by atoms with Crippen LogP contribution in [0.3, 0.4) is 0 Å². The summed E-state index contributed by atoms with van der Waals surface area (Å²) in [5, 5.41) is 25.2. The summed E-state index contributed by atoms with van der Waals surface area (Å²) in [6.07, 6.45) is 8.84. The first-order valence-corrected chi connectivity index (χ1v) is 15.1. The summed E-state index contributed by atoms with van der Waals surface area (Å²) in [5.74, 6) is 1.52. The van der Waals surface area contributed by atoms with E-state index in [-0.39, 0.29) is 12.0 Å². The van der Waals surface area contributed by atoms with Crippen molar-refractivity contribution in [3.8, 4) is 5.75 Å². The molecule has 1 unspecified atom stereocenters. The predicted molar refractivity (Wildman–Crippen MR) is 167 cm³/mol. The number of hydrogen-bond donors (Lipinski definition) is 2. The Morgan fingerprint density at radius 1 is 1.02 bits per heavy atom.